The van der Waals surface area contributed by atoms with Gasteiger partial charge in [0.2, 0.25) is 0 Å². The molecule has 0 saturated carbocycles. The Morgan fingerprint density at radius 3 is 2.50 bits per heavy atom. The number of hydrogen-bond donors (Lipinski definition) is 1. The van der Waals surface area contributed by atoms with E-state index in [9.17, 15) is 0 Å². The molecule has 0 aliphatic heterocycles. The van der Waals surface area contributed by atoms with Crippen LogP contribution >= 0.6 is 0 Å². The second kappa shape index (κ2) is 5.10. The third kappa shape index (κ3) is 2.04. The lowest BCUT2D eigenvalue weighted by molar-refractivity contribution is 0.273. The van der Waals surface area contributed by atoms with Crippen molar-refractivity contribution in [3.8, 4) is 22.9 Å². The average molecular weight is 248 g/mol. The van der Waals surface area contributed by atoms with Crippen LogP contribution in [0, 0.1) is 0 Å². The molecule has 0 bridgehead atoms. The van der Waals surface area contributed by atoms with E-state index in [1.807, 2.05) is 29.8 Å². The first-order valence-electron chi connectivity index (χ1n) is 5.55. The normalized spacial score (nSPS) is 10.4. The summed E-state index contributed by atoms with van der Waals surface area (Å²) in [6.45, 7) is -0.0310. The maximum absolute atomic E-state index is 9.16. The van der Waals surface area contributed by atoms with Crippen LogP contribution < -0.4 is 9.47 Å². The van der Waals surface area contributed by atoms with E-state index in [-0.39, 0.29) is 6.61 Å². The highest BCUT2D eigenvalue weighted by molar-refractivity contribution is 5.61. The number of rotatable bonds is 4. The number of methoxy groups -OCH3 is 2. The van der Waals surface area contributed by atoms with Crippen molar-refractivity contribution in [1.29, 1.82) is 0 Å². The first-order chi connectivity index (χ1) is 8.71. The monoisotopic (exact) mass is 248 g/mol. The number of imidazole rings is 1. The molecule has 1 heterocycles. The number of ether oxygens (including phenoxy) is 2. The summed E-state index contributed by atoms with van der Waals surface area (Å²) in [6.07, 6.45) is 1.66. The summed E-state index contributed by atoms with van der Waals surface area (Å²) in [5.41, 5.74) is 1.68. The Kier molecular flexibility index (Phi) is 3.53. The number of nitrogens with zero attached hydrogens (tertiary/aromatic N) is 2. The van der Waals surface area contributed by atoms with E-state index in [2.05, 4.69) is 4.98 Å². The number of aliphatic hydroxyl groups excluding tert-OH is 1. The van der Waals surface area contributed by atoms with Gasteiger partial charge < -0.3 is 19.1 Å². The topological polar surface area (TPSA) is 56.5 Å². The highest BCUT2D eigenvalue weighted by Crippen LogP contribution is 2.31. The minimum absolute atomic E-state index is 0.0310. The van der Waals surface area contributed by atoms with Crippen LogP contribution in [0.25, 0.3) is 11.4 Å². The Balaban J connectivity index is 2.47. The first kappa shape index (κ1) is 12.4. The summed E-state index contributed by atoms with van der Waals surface area (Å²) in [5, 5.41) is 9.16. The zero-order valence-corrected chi connectivity index (χ0v) is 10.7. The zero-order valence-electron chi connectivity index (χ0n) is 10.7. The van der Waals surface area contributed by atoms with Crippen molar-refractivity contribution < 1.29 is 14.6 Å². The Morgan fingerprint density at radius 2 is 1.94 bits per heavy atom. The van der Waals surface area contributed by atoms with Gasteiger partial charge in [-0.25, -0.2) is 4.98 Å². The predicted molar refractivity (Wildman–Crippen MR) is 67.7 cm³/mol. The molecule has 0 fully saturated rings. The van der Waals surface area contributed by atoms with Gasteiger partial charge in [0.15, 0.2) is 11.5 Å². The van der Waals surface area contributed by atoms with E-state index < -0.39 is 0 Å². The molecule has 0 saturated heterocycles. The van der Waals surface area contributed by atoms with Crippen molar-refractivity contribution in [1.82, 2.24) is 9.55 Å². The molecule has 0 aliphatic carbocycles. The van der Waals surface area contributed by atoms with Crippen LogP contribution in [-0.2, 0) is 13.7 Å². The van der Waals surface area contributed by atoms with Gasteiger partial charge in [0, 0.05) is 12.6 Å². The Bertz CT molecular complexity index is 549. The van der Waals surface area contributed by atoms with Crippen molar-refractivity contribution in [3.05, 3.63) is 30.1 Å². The van der Waals surface area contributed by atoms with E-state index in [1.54, 1.807) is 20.4 Å². The summed E-state index contributed by atoms with van der Waals surface area (Å²) >= 11 is 0. The van der Waals surface area contributed by atoms with Gasteiger partial charge in [-0.2, -0.15) is 0 Å². The van der Waals surface area contributed by atoms with Gasteiger partial charge in [-0.1, -0.05) is 0 Å². The molecular weight excluding hydrogens is 232 g/mol. The SMILES string of the molecule is COc1ccc(-c2ncc(CO)n2C)cc1OC. The molecule has 5 heteroatoms. The molecule has 5 nitrogen and oxygen atoms in total. The lowest BCUT2D eigenvalue weighted by Gasteiger charge is -2.10. The predicted octanol–water partition coefficient (Wildman–Crippen LogP) is 1.60. The molecular formula is C13H16N2O3. The molecule has 0 amide bonds. The highest BCUT2D eigenvalue weighted by Gasteiger charge is 2.11. The van der Waals surface area contributed by atoms with E-state index >= 15 is 0 Å². The second-order valence-electron chi connectivity index (χ2n) is 3.86. The second-order valence-corrected chi connectivity index (χ2v) is 3.86. The minimum atomic E-state index is -0.0310. The van der Waals surface area contributed by atoms with E-state index in [0.717, 1.165) is 17.1 Å². The third-order valence-corrected chi connectivity index (χ3v) is 2.89. The van der Waals surface area contributed by atoms with Gasteiger partial charge in [0.05, 0.1) is 32.7 Å². The van der Waals surface area contributed by atoms with Gasteiger partial charge in [0.25, 0.3) is 0 Å². The molecule has 18 heavy (non-hydrogen) atoms. The fourth-order valence-corrected chi connectivity index (χ4v) is 1.84. The van der Waals surface area contributed by atoms with E-state index in [0.29, 0.717) is 11.5 Å². The van der Waals surface area contributed by atoms with Crippen molar-refractivity contribution in [3.63, 3.8) is 0 Å². The molecule has 0 atom stereocenters. The van der Waals surface area contributed by atoms with Gasteiger partial charge in [-0.05, 0) is 18.2 Å². The lowest BCUT2D eigenvalue weighted by Crippen LogP contribution is -1.99. The number of aromatic nitrogens is 2. The van der Waals surface area contributed by atoms with Crippen LogP contribution in [0.2, 0.25) is 0 Å². The standard InChI is InChI=1S/C13H16N2O3/c1-15-10(8-16)7-14-13(15)9-4-5-11(17-2)12(6-9)18-3/h4-7,16H,8H2,1-3H3. The molecule has 2 rings (SSSR count). The van der Waals surface area contributed by atoms with Crippen LogP contribution in [0.1, 0.15) is 5.69 Å². The quantitative estimate of drug-likeness (QED) is 0.892. The zero-order chi connectivity index (χ0) is 13.1. The fourth-order valence-electron chi connectivity index (χ4n) is 1.84. The summed E-state index contributed by atoms with van der Waals surface area (Å²) < 4.78 is 12.3. The number of hydrogen-bond acceptors (Lipinski definition) is 4. The summed E-state index contributed by atoms with van der Waals surface area (Å²) in [7, 11) is 5.06. The summed E-state index contributed by atoms with van der Waals surface area (Å²) in [6, 6.07) is 5.61. The van der Waals surface area contributed by atoms with Gasteiger partial charge in [-0.3, -0.25) is 0 Å². The maximum atomic E-state index is 9.16. The summed E-state index contributed by atoms with van der Waals surface area (Å²) in [5.74, 6) is 2.11. The molecule has 0 radical (unpaired) electrons. The van der Waals surface area contributed by atoms with E-state index in [1.165, 1.54) is 0 Å². The summed E-state index contributed by atoms with van der Waals surface area (Å²) in [4.78, 5) is 4.29. The van der Waals surface area contributed by atoms with Crippen LogP contribution in [0.15, 0.2) is 24.4 Å². The third-order valence-electron chi connectivity index (χ3n) is 2.89. The molecule has 1 aromatic carbocycles. The van der Waals surface area contributed by atoms with Crippen molar-refractivity contribution in [2.24, 2.45) is 7.05 Å². The molecule has 1 aromatic heterocycles. The van der Waals surface area contributed by atoms with Crippen molar-refractivity contribution in [2.45, 2.75) is 6.61 Å². The minimum Gasteiger partial charge on any atom is -0.493 e. The number of benzene rings is 1. The molecule has 1 N–H and O–H groups in total. The maximum Gasteiger partial charge on any atom is 0.161 e. The average Bonchev–Trinajstić information content (AvgIpc) is 2.79. The van der Waals surface area contributed by atoms with Crippen molar-refractivity contribution >= 4 is 0 Å². The Labute approximate surface area is 106 Å². The molecule has 96 valence electrons. The fraction of sp³-hybridized carbons (Fsp3) is 0.308. The van der Waals surface area contributed by atoms with Crippen LogP contribution in [0.4, 0.5) is 0 Å². The highest BCUT2D eigenvalue weighted by atomic mass is 16.5. The van der Waals surface area contributed by atoms with Crippen LogP contribution in [-0.4, -0.2) is 28.9 Å². The number of aliphatic hydroxyl groups is 1. The molecule has 0 spiro atoms. The molecule has 0 unspecified atom stereocenters. The van der Waals surface area contributed by atoms with Crippen LogP contribution in [0.3, 0.4) is 0 Å². The largest absolute Gasteiger partial charge is 0.493 e. The van der Waals surface area contributed by atoms with Gasteiger partial charge in [-0.15, -0.1) is 0 Å². The van der Waals surface area contributed by atoms with Gasteiger partial charge >= 0.3 is 0 Å². The van der Waals surface area contributed by atoms with Gasteiger partial charge in [0.1, 0.15) is 5.82 Å². The van der Waals surface area contributed by atoms with Crippen molar-refractivity contribution in [2.75, 3.05) is 14.2 Å². The van der Waals surface area contributed by atoms with E-state index in [4.69, 9.17) is 14.6 Å². The lowest BCUT2D eigenvalue weighted by atomic mass is 10.2. The molecule has 0 aliphatic rings. The van der Waals surface area contributed by atoms with Crippen LogP contribution in [0.5, 0.6) is 11.5 Å². The molecule has 2 aromatic rings. The first-order valence-corrected chi connectivity index (χ1v) is 5.55. The Hall–Kier alpha value is -2.01. The Morgan fingerprint density at radius 1 is 1.22 bits per heavy atom. The smallest absolute Gasteiger partial charge is 0.161 e.